The largest absolute Gasteiger partial charge is 0.442 e. The minimum Gasteiger partial charge on any atom is -0.442 e. The number of aromatic amines is 1. The zero-order chi connectivity index (χ0) is 25.3. The number of ether oxygens (including phenoxy) is 1. The quantitative estimate of drug-likeness (QED) is 0.303. The van der Waals surface area contributed by atoms with Gasteiger partial charge in [-0.25, -0.2) is 9.78 Å². The Hall–Kier alpha value is -4.58. The predicted molar refractivity (Wildman–Crippen MR) is 137 cm³/mol. The second kappa shape index (κ2) is 9.23. The van der Waals surface area contributed by atoms with E-state index < -0.39 is 11.7 Å². The Morgan fingerprint density at radius 3 is 2.72 bits per heavy atom. The molecule has 3 N–H and O–H groups in total. The number of hydrogen-bond acceptors (Lipinski definition) is 9. The molecule has 0 bridgehead atoms. The van der Waals surface area contributed by atoms with Crippen LogP contribution < -0.4 is 10.6 Å². The maximum absolute atomic E-state index is 12.4. The minimum absolute atomic E-state index is 0.288. The van der Waals surface area contributed by atoms with E-state index in [9.17, 15) is 9.59 Å². The van der Waals surface area contributed by atoms with Crippen molar-refractivity contribution in [2.24, 2.45) is 0 Å². The molecule has 0 spiro atoms. The first-order valence-electron chi connectivity index (χ1n) is 11.0. The molecule has 0 radical (unpaired) electrons. The Labute approximate surface area is 209 Å². The van der Waals surface area contributed by atoms with Crippen LogP contribution in [-0.2, 0) is 4.74 Å². The lowest BCUT2D eigenvalue weighted by Gasteiger charge is -2.19. The highest BCUT2D eigenvalue weighted by Gasteiger charge is 2.20. The first-order valence-corrected chi connectivity index (χ1v) is 11.7. The van der Waals surface area contributed by atoms with E-state index in [1.54, 1.807) is 24.4 Å². The van der Waals surface area contributed by atoms with E-state index in [1.165, 1.54) is 28.7 Å². The molecule has 0 fully saturated rings. The molecule has 182 valence electrons. The van der Waals surface area contributed by atoms with Crippen LogP contribution in [0, 0.1) is 0 Å². The molecule has 0 saturated heterocycles. The maximum Gasteiger partial charge on any atom is 0.435 e. The predicted octanol–water partition coefficient (Wildman–Crippen LogP) is 5.06. The highest BCUT2D eigenvalue weighted by atomic mass is 32.1. The second-order valence-corrected chi connectivity index (χ2v) is 9.61. The minimum atomic E-state index is -0.614. The summed E-state index contributed by atoms with van der Waals surface area (Å²) < 4.78 is 11.1. The fourth-order valence-electron chi connectivity index (χ4n) is 3.39. The number of rotatable bonds is 5. The molecule has 12 heteroatoms. The highest BCUT2D eigenvalue weighted by molar-refractivity contribution is 7.09. The van der Waals surface area contributed by atoms with Crippen LogP contribution in [0.4, 0.5) is 21.3 Å². The number of nitrogens with one attached hydrogen (secondary N) is 3. The summed E-state index contributed by atoms with van der Waals surface area (Å²) in [6, 6.07) is 12.8. The van der Waals surface area contributed by atoms with E-state index in [0.717, 1.165) is 16.6 Å². The van der Waals surface area contributed by atoms with Crippen LogP contribution in [0.1, 0.15) is 31.3 Å². The first kappa shape index (κ1) is 23.2. The van der Waals surface area contributed by atoms with Gasteiger partial charge in [-0.1, -0.05) is 12.1 Å². The zero-order valence-electron chi connectivity index (χ0n) is 19.6. The van der Waals surface area contributed by atoms with Crippen molar-refractivity contribution in [3.05, 3.63) is 66.9 Å². The summed E-state index contributed by atoms with van der Waals surface area (Å²) in [5.74, 6) is 0.239. The normalized spacial score (nSPS) is 11.4. The van der Waals surface area contributed by atoms with Gasteiger partial charge in [-0.3, -0.25) is 4.79 Å². The van der Waals surface area contributed by atoms with Gasteiger partial charge >= 0.3 is 6.09 Å². The van der Waals surface area contributed by atoms with Gasteiger partial charge in [0, 0.05) is 33.9 Å². The molecule has 11 nitrogen and oxygen atoms in total. The summed E-state index contributed by atoms with van der Waals surface area (Å²) in [4.78, 5) is 35.9. The number of imidazole rings is 1. The molecule has 2 aromatic carbocycles. The highest BCUT2D eigenvalue weighted by Crippen LogP contribution is 2.27. The smallest absolute Gasteiger partial charge is 0.435 e. The SMILES string of the molecule is CC(C)(C)OC(=O)n1ncc2cc(Nc3nc(-c4cccc(NC(=O)c5cnc[nH]5)c4)ns3)ccc21. The third-order valence-corrected chi connectivity index (χ3v) is 5.56. The van der Waals surface area contributed by atoms with Crippen LogP contribution >= 0.6 is 11.5 Å². The van der Waals surface area contributed by atoms with E-state index in [4.69, 9.17) is 4.74 Å². The molecule has 0 atom stereocenters. The molecule has 0 unspecified atom stereocenters. The molecular weight excluding hydrogens is 480 g/mol. The molecular formula is C24H22N8O3S. The molecule has 5 aromatic rings. The number of carbonyl (C=O) groups is 2. The zero-order valence-corrected chi connectivity index (χ0v) is 20.5. The number of H-pyrrole nitrogens is 1. The Morgan fingerprint density at radius 2 is 1.94 bits per heavy atom. The standard InChI is InChI=1S/C24H22N8O3S/c1-24(2,3)35-23(34)32-19-8-7-17(10-15(19)11-27-32)29-22-30-20(31-36-22)14-5-4-6-16(9-14)28-21(33)18-12-25-13-26-18/h4-13H,1-3H3,(H,25,26)(H,28,33)(H,29,30,31). The van der Waals surface area contributed by atoms with E-state index in [0.29, 0.717) is 27.9 Å². The van der Waals surface area contributed by atoms with Gasteiger partial charge < -0.3 is 20.4 Å². The molecule has 36 heavy (non-hydrogen) atoms. The molecule has 3 heterocycles. The third kappa shape index (κ3) is 5.08. The second-order valence-electron chi connectivity index (χ2n) is 8.86. The Balaban J connectivity index is 1.30. The summed E-state index contributed by atoms with van der Waals surface area (Å²) in [6.07, 6.45) is 3.98. The van der Waals surface area contributed by atoms with Crippen molar-refractivity contribution in [2.45, 2.75) is 26.4 Å². The fraction of sp³-hybridized carbons (Fsp3) is 0.167. The van der Waals surface area contributed by atoms with Crippen LogP contribution in [0.3, 0.4) is 0 Å². The number of carbonyl (C=O) groups excluding carboxylic acids is 2. The van der Waals surface area contributed by atoms with Gasteiger partial charge in [0.25, 0.3) is 5.91 Å². The third-order valence-electron chi connectivity index (χ3n) is 4.93. The Kier molecular flexibility index (Phi) is 5.94. The summed E-state index contributed by atoms with van der Waals surface area (Å²) in [5.41, 5.74) is 2.54. The molecule has 1 amide bonds. The number of fused-ring (bicyclic) bond motifs is 1. The van der Waals surface area contributed by atoms with E-state index >= 15 is 0 Å². The van der Waals surface area contributed by atoms with Gasteiger partial charge in [0.2, 0.25) is 5.13 Å². The van der Waals surface area contributed by atoms with Crippen LogP contribution in [-0.4, -0.2) is 46.7 Å². The van der Waals surface area contributed by atoms with Crippen molar-refractivity contribution in [1.82, 2.24) is 29.1 Å². The summed E-state index contributed by atoms with van der Waals surface area (Å²) in [7, 11) is 0. The molecule has 0 aliphatic carbocycles. The van der Waals surface area contributed by atoms with E-state index in [2.05, 4.69) is 35.1 Å². The summed E-state index contributed by atoms with van der Waals surface area (Å²) >= 11 is 1.21. The van der Waals surface area contributed by atoms with Crippen LogP contribution in [0.5, 0.6) is 0 Å². The number of nitrogens with zero attached hydrogens (tertiary/aromatic N) is 5. The number of benzene rings is 2. The maximum atomic E-state index is 12.4. The van der Waals surface area contributed by atoms with Crippen molar-refractivity contribution < 1.29 is 14.3 Å². The van der Waals surface area contributed by atoms with Crippen molar-refractivity contribution in [2.75, 3.05) is 10.6 Å². The fourth-order valence-corrected chi connectivity index (χ4v) is 4.00. The Morgan fingerprint density at radius 1 is 1.08 bits per heavy atom. The molecule has 5 rings (SSSR count). The molecule has 0 aliphatic heterocycles. The molecule has 0 saturated carbocycles. The van der Waals surface area contributed by atoms with Gasteiger partial charge in [-0.05, 0) is 51.1 Å². The van der Waals surface area contributed by atoms with Gasteiger partial charge in [-0.15, -0.1) is 0 Å². The van der Waals surface area contributed by atoms with E-state index in [1.807, 2.05) is 45.0 Å². The lowest BCUT2D eigenvalue weighted by Crippen LogP contribution is -2.27. The van der Waals surface area contributed by atoms with Crippen molar-refractivity contribution in [3.8, 4) is 11.4 Å². The number of amides is 1. The lowest BCUT2D eigenvalue weighted by molar-refractivity contribution is 0.0522. The van der Waals surface area contributed by atoms with Gasteiger partial charge in [-0.2, -0.15) is 19.1 Å². The average Bonchev–Trinajstić information content (AvgIpc) is 3.59. The van der Waals surface area contributed by atoms with E-state index in [-0.39, 0.29) is 5.91 Å². The Bertz CT molecular complexity index is 1550. The van der Waals surface area contributed by atoms with Crippen LogP contribution in [0.15, 0.2) is 61.2 Å². The number of anilines is 3. The van der Waals surface area contributed by atoms with Gasteiger partial charge in [0.15, 0.2) is 5.82 Å². The van der Waals surface area contributed by atoms with Crippen LogP contribution in [0.25, 0.3) is 22.3 Å². The summed E-state index contributed by atoms with van der Waals surface area (Å²) in [6.45, 7) is 5.42. The monoisotopic (exact) mass is 502 g/mol. The van der Waals surface area contributed by atoms with Gasteiger partial charge in [0.1, 0.15) is 11.3 Å². The lowest BCUT2D eigenvalue weighted by atomic mass is 10.2. The van der Waals surface area contributed by atoms with Crippen molar-refractivity contribution in [1.29, 1.82) is 0 Å². The average molecular weight is 503 g/mol. The van der Waals surface area contributed by atoms with Gasteiger partial charge in [0.05, 0.1) is 24.2 Å². The van der Waals surface area contributed by atoms with Crippen molar-refractivity contribution >= 4 is 50.9 Å². The van der Waals surface area contributed by atoms with Crippen LogP contribution in [0.2, 0.25) is 0 Å². The topological polar surface area (TPSA) is 140 Å². The summed E-state index contributed by atoms with van der Waals surface area (Å²) in [5, 5.41) is 11.6. The first-order chi connectivity index (χ1) is 17.2. The molecule has 0 aliphatic rings. The number of hydrogen-bond donors (Lipinski definition) is 3. The van der Waals surface area contributed by atoms with Crippen molar-refractivity contribution in [3.63, 3.8) is 0 Å². The molecule has 3 aromatic heterocycles. The number of aromatic nitrogens is 6.